The molecule has 1 aromatic heterocycles. The van der Waals surface area contributed by atoms with Crippen molar-refractivity contribution in [1.29, 1.82) is 0 Å². The number of hydrogen-bond donors (Lipinski definition) is 1. The molecule has 5 nitrogen and oxygen atoms in total. The summed E-state index contributed by atoms with van der Waals surface area (Å²) in [6.45, 7) is 7.31. The molecule has 0 spiro atoms. The van der Waals surface area contributed by atoms with Gasteiger partial charge in [-0.3, -0.25) is 0 Å². The van der Waals surface area contributed by atoms with E-state index < -0.39 is 0 Å². The zero-order valence-corrected chi connectivity index (χ0v) is 11.1. The zero-order chi connectivity index (χ0) is 12.4. The molecule has 0 aromatic carbocycles. The molecule has 0 aliphatic carbocycles. The minimum atomic E-state index is 0.123. The van der Waals surface area contributed by atoms with E-state index in [0.717, 1.165) is 18.9 Å². The van der Waals surface area contributed by atoms with Crippen LogP contribution in [-0.4, -0.2) is 34.5 Å². The van der Waals surface area contributed by atoms with E-state index in [-0.39, 0.29) is 12.1 Å². The van der Waals surface area contributed by atoms with Gasteiger partial charge in [-0.2, -0.15) is 5.10 Å². The van der Waals surface area contributed by atoms with Crippen LogP contribution < -0.4 is 5.32 Å². The fourth-order valence-electron chi connectivity index (χ4n) is 2.46. The quantitative estimate of drug-likeness (QED) is 0.864. The summed E-state index contributed by atoms with van der Waals surface area (Å²) in [6, 6.07) is 0.442. The Hall–Kier alpha value is -0.940. The lowest BCUT2D eigenvalue weighted by atomic mass is 9.97. The average Bonchev–Trinajstić information content (AvgIpc) is 2.90. The molecule has 3 atom stereocenters. The Labute approximate surface area is 103 Å². The van der Waals surface area contributed by atoms with Gasteiger partial charge in [0.1, 0.15) is 12.2 Å². The van der Waals surface area contributed by atoms with Gasteiger partial charge in [0.05, 0.1) is 12.1 Å². The maximum atomic E-state index is 5.83. The smallest absolute Gasteiger partial charge is 0.146 e. The first-order valence-electron chi connectivity index (χ1n) is 6.33. The molecule has 1 aromatic rings. The molecule has 2 rings (SSSR count). The third kappa shape index (κ3) is 2.35. The van der Waals surface area contributed by atoms with Crippen LogP contribution >= 0.6 is 0 Å². The van der Waals surface area contributed by atoms with Crippen molar-refractivity contribution in [2.24, 2.45) is 5.92 Å². The molecule has 17 heavy (non-hydrogen) atoms. The van der Waals surface area contributed by atoms with E-state index in [2.05, 4.69) is 36.2 Å². The largest absolute Gasteiger partial charge is 0.376 e. The second-order valence-electron chi connectivity index (χ2n) is 5.02. The predicted octanol–water partition coefficient (Wildman–Crippen LogP) is 1.54. The first-order valence-corrected chi connectivity index (χ1v) is 6.33. The van der Waals surface area contributed by atoms with Crippen molar-refractivity contribution in [2.45, 2.75) is 45.4 Å². The second-order valence-corrected chi connectivity index (χ2v) is 5.02. The highest BCUT2D eigenvalue weighted by Gasteiger charge is 2.35. The Morgan fingerprint density at radius 2 is 2.29 bits per heavy atom. The summed E-state index contributed by atoms with van der Waals surface area (Å²) < 4.78 is 7.80. The van der Waals surface area contributed by atoms with Gasteiger partial charge in [0.25, 0.3) is 0 Å². The highest BCUT2D eigenvalue weighted by Crippen LogP contribution is 2.30. The Morgan fingerprint density at radius 3 is 2.82 bits per heavy atom. The van der Waals surface area contributed by atoms with Gasteiger partial charge in [-0.15, -0.1) is 0 Å². The number of aromatic nitrogens is 3. The SMILES string of the molecule is CNC(c1ncnn1C(C)C)C1OCCC1C. The second kappa shape index (κ2) is 5.14. The van der Waals surface area contributed by atoms with Crippen LogP contribution in [0.5, 0.6) is 0 Å². The number of rotatable bonds is 4. The van der Waals surface area contributed by atoms with Gasteiger partial charge < -0.3 is 10.1 Å². The molecule has 1 aliphatic rings. The molecular weight excluding hydrogens is 216 g/mol. The fourth-order valence-corrected chi connectivity index (χ4v) is 2.46. The minimum Gasteiger partial charge on any atom is -0.376 e. The van der Waals surface area contributed by atoms with Gasteiger partial charge in [-0.05, 0) is 33.2 Å². The van der Waals surface area contributed by atoms with Crippen molar-refractivity contribution in [3.63, 3.8) is 0 Å². The molecule has 5 heteroatoms. The van der Waals surface area contributed by atoms with Crippen LogP contribution in [0.2, 0.25) is 0 Å². The molecule has 0 saturated carbocycles. The third-order valence-electron chi connectivity index (χ3n) is 3.45. The van der Waals surface area contributed by atoms with Crippen molar-refractivity contribution in [3.05, 3.63) is 12.2 Å². The van der Waals surface area contributed by atoms with Crippen molar-refractivity contribution in [2.75, 3.05) is 13.7 Å². The van der Waals surface area contributed by atoms with E-state index in [0.29, 0.717) is 12.0 Å². The Bertz CT molecular complexity index is 363. The van der Waals surface area contributed by atoms with E-state index in [4.69, 9.17) is 4.74 Å². The maximum Gasteiger partial charge on any atom is 0.146 e. The summed E-state index contributed by atoms with van der Waals surface area (Å²) in [5.41, 5.74) is 0. The molecule has 1 saturated heterocycles. The van der Waals surface area contributed by atoms with E-state index in [1.807, 2.05) is 11.7 Å². The molecule has 2 heterocycles. The average molecular weight is 238 g/mol. The van der Waals surface area contributed by atoms with Crippen LogP contribution in [0.25, 0.3) is 0 Å². The van der Waals surface area contributed by atoms with E-state index in [1.54, 1.807) is 6.33 Å². The first-order chi connectivity index (χ1) is 8.15. The van der Waals surface area contributed by atoms with Gasteiger partial charge in [0, 0.05) is 12.6 Å². The van der Waals surface area contributed by atoms with Gasteiger partial charge >= 0.3 is 0 Å². The van der Waals surface area contributed by atoms with Gasteiger partial charge in [0.2, 0.25) is 0 Å². The van der Waals surface area contributed by atoms with Gasteiger partial charge in [-0.1, -0.05) is 6.92 Å². The predicted molar refractivity (Wildman–Crippen MR) is 65.7 cm³/mol. The number of hydrogen-bond acceptors (Lipinski definition) is 4. The van der Waals surface area contributed by atoms with Gasteiger partial charge in [-0.25, -0.2) is 9.67 Å². The Balaban J connectivity index is 2.25. The monoisotopic (exact) mass is 238 g/mol. The normalized spacial score (nSPS) is 26.6. The standard InChI is InChI=1S/C12H22N4O/c1-8(2)16-12(14-7-15-16)10(13-4)11-9(3)5-6-17-11/h7-11,13H,5-6H2,1-4H3. The molecule has 1 aliphatic heterocycles. The lowest BCUT2D eigenvalue weighted by Crippen LogP contribution is -2.35. The van der Waals surface area contributed by atoms with Crippen LogP contribution in [0.3, 0.4) is 0 Å². The highest BCUT2D eigenvalue weighted by atomic mass is 16.5. The summed E-state index contributed by atoms with van der Waals surface area (Å²) in [6.07, 6.45) is 2.94. The Kier molecular flexibility index (Phi) is 3.79. The van der Waals surface area contributed by atoms with Crippen LogP contribution in [0.4, 0.5) is 0 Å². The highest BCUT2D eigenvalue weighted by molar-refractivity contribution is 5.01. The zero-order valence-electron chi connectivity index (χ0n) is 11.1. The number of ether oxygens (including phenoxy) is 1. The summed E-state index contributed by atoms with van der Waals surface area (Å²) in [4.78, 5) is 4.40. The number of nitrogens with zero attached hydrogens (tertiary/aromatic N) is 3. The molecule has 1 N–H and O–H groups in total. The van der Waals surface area contributed by atoms with Crippen molar-refractivity contribution < 1.29 is 4.74 Å². The lowest BCUT2D eigenvalue weighted by molar-refractivity contribution is 0.0586. The van der Waals surface area contributed by atoms with E-state index in [1.165, 1.54) is 0 Å². The molecule has 3 unspecified atom stereocenters. The summed E-state index contributed by atoms with van der Waals surface area (Å²) in [5, 5.41) is 7.61. The summed E-state index contributed by atoms with van der Waals surface area (Å²) in [7, 11) is 1.96. The number of nitrogens with one attached hydrogen (secondary N) is 1. The lowest BCUT2D eigenvalue weighted by Gasteiger charge is -2.26. The Morgan fingerprint density at radius 1 is 1.53 bits per heavy atom. The molecular formula is C12H22N4O. The maximum absolute atomic E-state index is 5.83. The van der Waals surface area contributed by atoms with Crippen LogP contribution in [0.1, 0.15) is 45.1 Å². The van der Waals surface area contributed by atoms with Crippen molar-refractivity contribution >= 4 is 0 Å². The molecule has 1 fully saturated rings. The minimum absolute atomic E-state index is 0.123. The van der Waals surface area contributed by atoms with E-state index in [9.17, 15) is 0 Å². The van der Waals surface area contributed by atoms with E-state index >= 15 is 0 Å². The summed E-state index contributed by atoms with van der Waals surface area (Å²) in [5.74, 6) is 1.53. The number of likely N-dealkylation sites (N-methyl/N-ethyl adjacent to an activating group) is 1. The fraction of sp³-hybridized carbons (Fsp3) is 0.833. The van der Waals surface area contributed by atoms with Crippen LogP contribution in [-0.2, 0) is 4.74 Å². The van der Waals surface area contributed by atoms with Crippen LogP contribution in [0.15, 0.2) is 6.33 Å². The third-order valence-corrected chi connectivity index (χ3v) is 3.45. The van der Waals surface area contributed by atoms with Crippen molar-refractivity contribution in [1.82, 2.24) is 20.1 Å². The molecule has 0 amide bonds. The molecule has 96 valence electrons. The molecule has 0 bridgehead atoms. The van der Waals surface area contributed by atoms with Crippen LogP contribution in [0, 0.1) is 5.92 Å². The van der Waals surface area contributed by atoms with Crippen molar-refractivity contribution in [3.8, 4) is 0 Å². The first kappa shape index (κ1) is 12.5. The topological polar surface area (TPSA) is 52.0 Å². The molecule has 0 radical (unpaired) electrons. The summed E-state index contributed by atoms with van der Waals surface area (Å²) >= 11 is 0. The van der Waals surface area contributed by atoms with Gasteiger partial charge in [0.15, 0.2) is 0 Å².